The fraction of sp³-hybridized carbons (Fsp3) is 0.250. The summed E-state index contributed by atoms with van der Waals surface area (Å²) in [4.78, 5) is 16.1. The predicted molar refractivity (Wildman–Crippen MR) is 83.4 cm³/mol. The average Bonchev–Trinajstić information content (AvgIpc) is 2.58. The van der Waals surface area contributed by atoms with Gasteiger partial charge in [-0.3, -0.25) is 9.78 Å². The average molecular weight is 301 g/mol. The first-order valence-corrected chi connectivity index (χ1v) is 6.99. The van der Waals surface area contributed by atoms with E-state index in [1.807, 2.05) is 30.3 Å². The van der Waals surface area contributed by atoms with Crippen LogP contribution in [0, 0.1) is 0 Å². The predicted octanol–water partition coefficient (Wildman–Crippen LogP) is 0.777. The third-order valence-electron chi connectivity index (χ3n) is 3.10. The van der Waals surface area contributed by atoms with Gasteiger partial charge in [-0.1, -0.05) is 30.3 Å². The molecule has 1 amide bonds. The number of pyridine rings is 1. The molecule has 0 atom stereocenters. The van der Waals surface area contributed by atoms with Crippen molar-refractivity contribution in [1.29, 1.82) is 0 Å². The number of nitrogens with zero attached hydrogens (tertiary/aromatic N) is 1. The molecule has 0 radical (unpaired) electrons. The van der Waals surface area contributed by atoms with Gasteiger partial charge in [-0.25, -0.2) is 0 Å². The minimum absolute atomic E-state index is 0.200. The molecule has 22 heavy (non-hydrogen) atoms. The van der Waals surface area contributed by atoms with E-state index in [2.05, 4.69) is 15.6 Å². The molecule has 2 rings (SSSR count). The molecular formula is C16H19N3O3. The highest BCUT2D eigenvalue weighted by Gasteiger charge is 2.10. The quantitative estimate of drug-likeness (QED) is 0.606. The normalized spacial score (nSPS) is 10.5. The van der Waals surface area contributed by atoms with Gasteiger partial charge in [-0.05, 0) is 17.7 Å². The lowest BCUT2D eigenvalue weighted by Crippen LogP contribution is -2.28. The molecule has 6 heteroatoms. The van der Waals surface area contributed by atoms with Crippen molar-refractivity contribution >= 4 is 11.6 Å². The summed E-state index contributed by atoms with van der Waals surface area (Å²) in [7, 11) is 0. The van der Waals surface area contributed by atoms with Crippen LogP contribution in [-0.2, 0) is 6.54 Å². The fourth-order valence-corrected chi connectivity index (χ4v) is 1.90. The smallest absolute Gasteiger partial charge is 0.270 e. The Morgan fingerprint density at radius 3 is 2.55 bits per heavy atom. The van der Waals surface area contributed by atoms with E-state index in [4.69, 9.17) is 10.2 Å². The Bertz CT molecular complexity index is 601. The summed E-state index contributed by atoms with van der Waals surface area (Å²) in [6.45, 7) is 0.0254. The molecule has 0 unspecified atom stereocenters. The zero-order valence-corrected chi connectivity index (χ0v) is 12.1. The van der Waals surface area contributed by atoms with Gasteiger partial charge in [-0.2, -0.15) is 0 Å². The highest BCUT2D eigenvalue weighted by Crippen LogP contribution is 2.10. The van der Waals surface area contributed by atoms with Crippen molar-refractivity contribution in [3.8, 4) is 0 Å². The lowest BCUT2D eigenvalue weighted by Gasteiger charge is -2.15. The lowest BCUT2D eigenvalue weighted by molar-refractivity contribution is 0.0946. The monoisotopic (exact) mass is 301 g/mol. The maximum absolute atomic E-state index is 12.1. The molecule has 0 aliphatic rings. The topological polar surface area (TPSA) is 94.5 Å². The Balaban J connectivity index is 1.98. The molecule has 4 N–H and O–H groups in total. The van der Waals surface area contributed by atoms with E-state index in [9.17, 15) is 4.79 Å². The van der Waals surface area contributed by atoms with Crippen LogP contribution in [-0.4, -0.2) is 40.4 Å². The van der Waals surface area contributed by atoms with Gasteiger partial charge in [0, 0.05) is 18.4 Å². The number of nitrogens with one attached hydrogen (secondary N) is 2. The van der Waals surface area contributed by atoms with Crippen LogP contribution in [0.4, 0.5) is 5.69 Å². The molecule has 1 aromatic heterocycles. The number of hydrogen-bond donors (Lipinski definition) is 4. The second-order valence-electron chi connectivity index (χ2n) is 4.80. The van der Waals surface area contributed by atoms with Crippen LogP contribution in [0.15, 0.2) is 48.7 Å². The molecule has 1 aromatic carbocycles. The number of aromatic nitrogens is 1. The van der Waals surface area contributed by atoms with Crippen molar-refractivity contribution in [3.63, 3.8) is 0 Å². The molecule has 6 nitrogen and oxygen atoms in total. The van der Waals surface area contributed by atoms with E-state index in [1.165, 1.54) is 6.20 Å². The van der Waals surface area contributed by atoms with Gasteiger partial charge in [0.25, 0.3) is 5.91 Å². The number of amides is 1. The van der Waals surface area contributed by atoms with Crippen LogP contribution in [0.25, 0.3) is 0 Å². The number of aliphatic hydroxyl groups excluding tert-OH is 2. The fourth-order valence-electron chi connectivity index (χ4n) is 1.90. The SMILES string of the molecule is O=C(NCc1ccccc1)c1cc(NC(CO)CO)ccn1. The minimum atomic E-state index is -0.470. The first-order chi connectivity index (χ1) is 10.7. The highest BCUT2D eigenvalue weighted by atomic mass is 16.3. The summed E-state index contributed by atoms with van der Waals surface area (Å²) < 4.78 is 0. The maximum atomic E-state index is 12.1. The van der Waals surface area contributed by atoms with Crippen LogP contribution in [0.2, 0.25) is 0 Å². The van der Waals surface area contributed by atoms with Gasteiger partial charge < -0.3 is 20.8 Å². The standard InChI is InChI=1S/C16H19N3O3/c20-10-14(11-21)19-13-6-7-17-15(8-13)16(22)18-9-12-4-2-1-3-5-12/h1-8,14,20-21H,9-11H2,(H,17,19)(H,18,22). The zero-order valence-electron chi connectivity index (χ0n) is 12.1. The first-order valence-electron chi connectivity index (χ1n) is 6.99. The Morgan fingerprint density at radius 2 is 1.86 bits per heavy atom. The van der Waals surface area contributed by atoms with Gasteiger partial charge in [0.2, 0.25) is 0 Å². The second kappa shape index (κ2) is 8.11. The van der Waals surface area contributed by atoms with Crippen molar-refractivity contribution in [3.05, 3.63) is 59.9 Å². The molecule has 2 aromatic rings. The molecule has 0 saturated heterocycles. The van der Waals surface area contributed by atoms with E-state index >= 15 is 0 Å². The second-order valence-corrected chi connectivity index (χ2v) is 4.80. The largest absolute Gasteiger partial charge is 0.394 e. The van der Waals surface area contributed by atoms with Crippen LogP contribution in [0.5, 0.6) is 0 Å². The van der Waals surface area contributed by atoms with Gasteiger partial charge >= 0.3 is 0 Å². The Morgan fingerprint density at radius 1 is 1.14 bits per heavy atom. The summed E-state index contributed by atoms with van der Waals surface area (Å²) in [5.74, 6) is -0.281. The Kier molecular flexibility index (Phi) is 5.88. The first kappa shape index (κ1) is 15.9. The van der Waals surface area contributed by atoms with E-state index in [0.717, 1.165) is 5.56 Å². The number of aliphatic hydroxyl groups is 2. The van der Waals surface area contributed by atoms with E-state index < -0.39 is 6.04 Å². The molecule has 0 fully saturated rings. The summed E-state index contributed by atoms with van der Waals surface area (Å²) in [6.07, 6.45) is 1.51. The van der Waals surface area contributed by atoms with Crippen molar-refractivity contribution < 1.29 is 15.0 Å². The molecule has 1 heterocycles. The van der Waals surface area contributed by atoms with Crippen LogP contribution in [0.1, 0.15) is 16.1 Å². The summed E-state index contributed by atoms with van der Waals surface area (Å²) in [5, 5.41) is 23.8. The number of benzene rings is 1. The van der Waals surface area contributed by atoms with Crippen molar-refractivity contribution in [2.75, 3.05) is 18.5 Å². The molecule has 0 bridgehead atoms. The van der Waals surface area contributed by atoms with E-state index in [0.29, 0.717) is 12.2 Å². The molecule has 0 saturated carbocycles. The molecule has 0 aliphatic heterocycles. The van der Waals surface area contributed by atoms with Crippen molar-refractivity contribution in [2.45, 2.75) is 12.6 Å². The number of rotatable bonds is 7. The molecule has 116 valence electrons. The number of carbonyl (C=O) groups excluding carboxylic acids is 1. The zero-order chi connectivity index (χ0) is 15.8. The third-order valence-corrected chi connectivity index (χ3v) is 3.10. The molecular weight excluding hydrogens is 282 g/mol. The summed E-state index contributed by atoms with van der Waals surface area (Å²) in [6, 6.07) is 12.4. The van der Waals surface area contributed by atoms with Crippen molar-refractivity contribution in [1.82, 2.24) is 10.3 Å². The number of carbonyl (C=O) groups is 1. The Labute approximate surface area is 128 Å². The molecule has 0 aliphatic carbocycles. The highest BCUT2D eigenvalue weighted by molar-refractivity contribution is 5.93. The number of hydrogen-bond acceptors (Lipinski definition) is 5. The van der Waals surface area contributed by atoms with E-state index in [-0.39, 0.29) is 24.8 Å². The van der Waals surface area contributed by atoms with Crippen LogP contribution >= 0.6 is 0 Å². The maximum Gasteiger partial charge on any atom is 0.270 e. The van der Waals surface area contributed by atoms with Crippen molar-refractivity contribution in [2.24, 2.45) is 0 Å². The molecule has 0 spiro atoms. The minimum Gasteiger partial charge on any atom is -0.394 e. The van der Waals surface area contributed by atoms with Gasteiger partial charge in [0.1, 0.15) is 5.69 Å². The van der Waals surface area contributed by atoms with Crippen LogP contribution in [0.3, 0.4) is 0 Å². The van der Waals surface area contributed by atoms with Gasteiger partial charge in [0.05, 0.1) is 19.3 Å². The lowest BCUT2D eigenvalue weighted by atomic mass is 10.2. The Hall–Kier alpha value is -2.44. The third kappa shape index (κ3) is 4.54. The summed E-state index contributed by atoms with van der Waals surface area (Å²) >= 11 is 0. The van der Waals surface area contributed by atoms with E-state index in [1.54, 1.807) is 12.1 Å². The van der Waals surface area contributed by atoms with Gasteiger partial charge in [-0.15, -0.1) is 0 Å². The number of anilines is 1. The summed E-state index contributed by atoms with van der Waals surface area (Å²) in [5.41, 5.74) is 1.90. The van der Waals surface area contributed by atoms with Crippen LogP contribution < -0.4 is 10.6 Å². The van der Waals surface area contributed by atoms with Gasteiger partial charge in [0.15, 0.2) is 0 Å².